The number of hydrogen-bond donors (Lipinski definition) is 0. The molecule has 17 heavy (non-hydrogen) atoms. The summed E-state index contributed by atoms with van der Waals surface area (Å²) in [6.45, 7) is 7.89. The molecule has 0 saturated heterocycles. The van der Waals surface area contributed by atoms with Gasteiger partial charge in [0.05, 0.1) is 11.6 Å². The molecule has 0 radical (unpaired) electrons. The van der Waals surface area contributed by atoms with Gasteiger partial charge in [0.1, 0.15) is 5.82 Å². The number of hydrogen-bond acceptors (Lipinski definition) is 2. The first-order chi connectivity index (χ1) is 8.12. The van der Waals surface area contributed by atoms with Crippen LogP contribution in [0.2, 0.25) is 0 Å². The summed E-state index contributed by atoms with van der Waals surface area (Å²) < 4.78 is 13.2. The average Bonchev–Trinajstić information content (AvgIpc) is 2.35. The molecule has 1 atom stereocenters. The van der Waals surface area contributed by atoms with E-state index in [4.69, 9.17) is 5.26 Å². The van der Waals surface area contributed by atoms with Crippen molar-refractivity contribution >= 4 is 0 Å². The third kappa shape index (κ3) is 3.54. The number of nitriles is 1. The summed E-state index contributed by atoms with van der Waals surface area (Å²) >= 11 is 0. The van der Waals surface area contributed by atoms with Crippen molar-refractivity contribution in [3.8, 4) is 6.07 Å². The van der Waals surface area contributed by atoms with Gasteiger partial charge in [0, 0.05) is 12.6 Å². The zero-order valence-corrected chi connectivity index (χ0v) is 10.7. The molecule has 0 N–H and O–H groups in total. The zero-order chi connectivity index (χ0) is 12.8. The normalized spacial score (nSPS) is 12.5. The Morgan fingerprint density at radius 1 is 1.41 bits per heavy atom. The van der Waals surface area contributed by atoms with Crippen LogP contribution in [-0.4, -0.2) is 17.5 Å². The van der Waals surface area contributed by atoms with E-state index < -0.39 is 0 Å². The first-order valence-electron chi connectivity index (χ1n) is 6.04. The van der Waals surface area contributed by atoms with Gasteiger partial charge < -0.3 is 0 Å². The number of rotatable bonds is 5. The molecule has 0 aliphatic carbocycles. The average molecular weight is 234 g/mol. The Morgan fingerprint density at radius 2 is 2.12 bits per heavy atom. The van der Waals surface area contributed by atoms with E-state index >= 15 is 0 Å². The van der Waals surface area contributed by atoms with Crippen LogP contribution in [0, 0.1) is 17.1 Å². The molecular formula is C14H19FN2. The van der Waals surface area contributed by atoms with E-state index in [0.29, 0.717) is 18.2 Å². The summed E-state index contributed by atoms with van der Waals surface area (Å²) in [6, 6.07) is 6.90. The van der Waals surface area contributed by atoms with E-state index in [1.807, 2.05) is 0 Å². The molecule has 92 valence electrons. The Bertz CT molecular complexity index is 409. The minimum atomic E-state index is -0.279. The van der Waals surface area contributed by atoms with Crippen molar-refractivity contribution < 1.29 is 4.39 Å². The predicted octanol–water partition coefficient (Wildman–Crippen LogP) is 3.32. The monoisotopic (exact) mass is 234 g/mol. The van der Waals surface area contributed by atoms with Crippen molar-refractivity contribution in [3.05, 3.63) is 35.1 Å². The highest BCUT2D eigenvalue weighted by molar-refractivity contribution is 5.37. The Labute approximate surface area is 103 Å². The first-order valence-corrected chi connectivity index (χ1v) is 6.04. The lowest BCUT2D eigenvalue weighted by Crippen LogP contribution is -2.32. The molecular weight excluding hydrogens is 215 g/mol. The summed E-state index contributed by atoms with van der Waals surface area (Å²) in [7, 11) is 0. The van der Waals surface area contributed by atoms with Gasteiger partial charge in [-0.2, -0.15) is 5.26 Å². The largest absolute Gasteiger partial charge is 0.297 e. The lowest BCUT2D eigenvalue weighted by molar-refractivity contribution is 0.205. The Kier molecular flexibility index (Phi) is 5.11. The summed E-state index contributed by atoms with van der Waals surface area (Å²) in [5.74, 6) is -0.279. The highest BCUT2D eigenvalue weighted by Gasteiger charge is 2.13. The maximum Gasteiger partial charge on any atom is 0.123 e. The summed E-state index contributed by atoms with van der Waals surface area (Å²) in [4.78, 5) is 2.25. The van der Waals surface area contributed by atoms with Crippen LogP contribution in [0.1, 0.15) is 38.3 Å². The van der Waals surface area contributed by atoms with Gasteiger partial charge in [0.2, 0.25) is 0 Å². The minimum Gasteiger partial charge on any atom is -0.297 e. The molecule has 0 spiro atoms. The Morgan fingerprint density at radius 3 is 2.65 bits per heavy atom. The molecule has 0 saturated carbocycles. The maximum atomic E-state index is 13.2. The molecule has 0 fully saturated rings. The van der Waals surface area contributed by atoms with E-state index in [-0.39, 0.29) is 5.82 Å². The molecule has 0 bridgehead atoms. The van der Waals surface area contributed by atoms with Crippen molar-refractivity contribution in [3.63, 3.8) is 0 Å². The fraction of sp³-hybridized carbons (Fsp3) is 0.500. The van der Waals surface area contributed by atoms with E-state index in [1.54, 1.807) is 6.07 Å². The fourth-order valence-electron chi connectivity index (χ4n) is 1.86. The number of nitrogens with zero attached hydrogens (tertiary/aromatic N) is 2. The van der Waals surface area contributed by atoms with Crippen LogP contribution in [0.25, 0.3) is 0 Å². The second-order valence-electron chi connectivity index (χ2n) is 4.23. The molecule has 0 aliphatic rings. The summed E-state index contributed by atoms with van der Waals surface area (Å²) in [5, 5.41) is 9.00. The van der Waals surface area contributed by atoms with Crippen LogP contribution < -0.4 is 0 Å². The van der Waals surface area contributed by atoms with Crippen molar-refractivity contribution in [2.24, 2.45) is 0 Å². The molecule has 0 aliphatic heterocycles. The molecule has 1 aromatic carbocycles. The van der Waals surface area contributed by atoms with Gasteiger partial charge in [-0.05, 0) is 43.7 Å². The van der Waals surface area contributed by atoms with Crippen LogP contribution >= 0.6 is 0 Å². The van der Waals surface area contributed by atoms with Gasteiger partial charge in [0.15, 0.2) is 0 Å². The fourth-order valence-corrected chi connectivity index (χ4v) is 1.86. The van der Waals surface area contributed by atoms with Crippen LogP contribution in [0.15, 0.2) is 18.2 Å². The van der Waals surface area contributed by atoms with E-state index in [2.05, 4.69) is 31.7 Å². The van der Waals surface area contributed by atoms with E-state index in [0.717, 1.165) is 18.5 Å². The second-order valence-corrected chi connectivity index (χ2v) is 4.23. The number of halogens is 1. The van der Waals surface area contributed by atoms with Crippen LogP contribution in [-0.2, 0) is 6.54 Å². The lowest BCUT2D eigenvalue weighted by atomic mass is 10.1. The standard InChI is InChI=1S/C14H19FN2/c1-4-11(3)17(5-2)10-13-8-14(15)7-6-12(13)9-16/h6-8,11H,4-5,10H2,1-3H3. The molecule has 0 amide bonds. The highest BCUT2D eigenvalue weighted by atomic mass is 19.1. The molecule has 1 aromatic rings. The molecule has 2 nitrogen and oxygen atoms in total. The summed E-state index contributed by atoms with van der Waals surface area (Å²) in [5.41, 5.74) is 1.34. The Balaban J connectivity index is 2.93. The van der Waals surface area contributed by atoms with Gasteiger partial charge in [-0.1, -0.05) is 13.8 Å². The summed E-state index contributed by atoms with van der Waals surface area (Å²) in [6.07, 6.45) is 1.05. The zero-order valence-electron chi connectivity index (χ0n) is 10.7. The van der Waals surface area contributed by atoms with Crippen molar-refractivity contribution in [2.45, 2.75) is 39.8 Å². The van der Waals surface area contributed by atoms with Crippen LogP contribution in [0.4, 0.5) is 4.39 Å². The third-order valence-electron chi connectivity index (χ3n) is 3.18. The smallest absolute Gasteiger partial charge is 0.123 e. The van der Waals surface area contributed by atoms with Crippen molar-refractivity contribution in [1.29, 1.82) is 5.26 Å². The quantitative estimate of drug-likeness (QED) is 0.781. The molecule has 1 rings (SSSR count). The van der Waals surface area contributed by atoms with Crippen molar-refractivity contribution in [2.75, 3.05) is 6.54 Å². The van der Waals surface area contributed by atoms with Gasteiger partial charge in [-0.3, -0.25) is 4.90 Å². The molecule has 0 aromatic heterocycles. The minimum absolute atomic E-state index is 0.279. The van der Waals surface area contributed by atoms with Crippen LogP contribution in [0.3, 0.4) is 0 Å². The lowest BCUT2D eigenvalue weighted by Gasteiger charge is -2.27. The predicted molar refractivity (Wildman–Crippen MR) is 67.0 cm³/mol. The van der Waals surface area contributed by atoms with Crippen molar-refractivity contribution in [1.82, 2.24) is 4.90 Å². The SMILES string of the molecule is CCC(C)N(CC)Cc1cc(F)ccc1C#N. The number of benzene rings is 1. The maximum absolute atomic E-state index is 13.2. The van der Waals surface area contributed by atoms with Gasteiger partial charge in [-0.15, -0.1) is 0 Å². The molecule has 1 unspecified atom stereocenters. The van der Waals surface area contributed by atoms with Gasteiger partial charge in [0.25, 0.3) is 0 Å². The molecule has 3 heteroatoms. The Hall–Kier alpha value is -1.40. The van der Waals surface area contributed by atoms with Gasteiger partial charge in [-0.25, -0.2) is 4.39 Å². The van der Waals surface area contributed by atoms with Crippen LogP contribution in [0.5, 0.6) is 0 Å². The van der Waals surface area contributed by atoms with E-state index in [9.17, 15) is 4.39 Å². The van der Waals surface area contributed by atoms with E-state index in [1.165, 1.54) is 12.1 Å². The first kappa shape index (κ1) is 13.7. The second kappa shape index (κ2) is 6.36. The molecule has 0 heterocycles. The van der Waals surface area contributed by atoms with Gasteiger partial charge >= 0.3 is 0 Å². The topological polar surface area (TPSA) is 27.0 Å². The highest BCUT2D eigenvalue weighted by Crippen LogP contribution is 2.15. The third-order valence-corrected chi connectivity index (χ3v) is 3.18.